The molecule has 3 aromatic rings. The molecule has 1 aromatic heterocycles. The highest BCUT2D eigenvalue weighted by atomic mass is 35.5. The van der Waals surface area contributed by atoms with Crippen molar-refractivity contribution in [3.63, 3.8) is 0 Å². The van der Waals surface area contributed by atoms with Crippen LogP contribution in [0.4, 0.5) is 10.8 Å². The smallest absolute Gasteiger partial charge is 0.187 e. The summed E-state index contributed by atoms with van der Waals surface area (Å²) >= 11 is 13.8. The van der Waals surface area contributed by atoms with Crippen LogP contribution in [-0.4, -0.2) is 4.98 Å². The first kappa shape index (κ1) is 14.4. The number of hydrogen-bond acceptors (Lipinski definition) is 3. The Kier molecular flexibility index (Phi) is 4.15. The number of aromatic nitrogens is 1. The van der Waals surface area contributed by atoms with Crippen LogP contribution in [0, 0.1) is 6.92 Å². The van der Waals surface area contributed by atoms with E-state index in [2.05, 4.69) is 41.5 Å². The molecule has 0 spiro atoms. The fourth-order valence-corrected chi connectivity index (χ4v) is 3.13. The normalized spacial score (nSPS) is 10.6. The first-order chi connectivity index (χ1) is 10.1. The van der Waals surface area contributed by atoms with Crippen LogP contribution in [0.2, 0.25) is 10.0 Å². The fourth-order valence-electron chi connectivity index (χ4n) is 1.91. The van der Waals surface area contributed by atoms with Crippen molar-refractivity contribution in [2.24, 2.45) is 0 Å². The molecule has 3 rings (SSSR count). The minimum Gasteiger partial charge on any atom is -0.329 e. The van der Waals surface area contributed by atoms with Crippen molar-refractivity contribution in [1.82, 2.24) is 4.98 Å². The van der Waals surface area contributed by atoms with Gasteiger partial charge in [-0.15, -0.1) is 11.3 Å². The Bertz CT molecular complexity index is 746. The van der Waals surface area contributed by atoms with Crippen LogP contribution in [0.3, 0.4) is 0 Å². The van der Waals surface area contributed by atoms with E-state index < -0.39 is 0 Å². The second-order valence-electron chi connectivity index (χ2n) is 4.63. The molecule has 1 N–H and O–H groups in total. The minimum atomic E-state index is 0.578. The van der Waals surface area contributed by atoms with Gasteiger partial charge < -0.3 is 5.32 Å². The van der Waals surface area contributed by atoms with E-state index in [1.54, 1.807) is 12.1 Å². The molecular formula is C16H12Cl2N2S. The maximum Gasteiger partial charge on any atom is 0.187 e. The predicted molar refractivity (Wildman–Crippen MR) is 92.0 cm³/mol. The first-order valence-electron chi connectivity index (χ1n) is 6.37. The van der Waals surface area contributed by atoms with E-state index >= 15 is 0 Å². The minimum absolute atomic E-state index is 0.578. The first-order valence-corrected chi connectivity index (χ1v) is 8.00. The van der Waals surface area contributed by atoms with Crippen molar-refractivity contribution in [3.8, 4) is 11.3 Å². The highest BCUT2D eigenvalue weighted by Crippen LogP contribution is 2.34. The fraction of sp³-hybridized carbons (Fsp3) is 0.0625. The summed E-state index contributed by atoms with van der Waals surface area (Å²) in [6, 6.07) is 13.7. The van der Waals surface area contributed by atoms with Crippen molar-refractivity contribution in [2.45, 2.75) is 6.92 Å². The molecule has 106 valence electrons. The maximum absolute atomic E-state index is 6.15. The summed E-state index contributed by atoms with van der Waals surface area (Å²) < 4.78 is 0. The number of rotatable bonds is 3. The quantitative estimate of drug-likeness (QED) is 0.619. The summed E-state index contributed by atoms with van der Waals surface area (Å²) in [6.45, 7) is 2.07. The molecule has 0 unspecified atom stereocenters. The summed E-state index contributed by atoms with van der Waals surface area (Å²) in [5.74, 6) is 0. The zero-order valence-electron chi connectivity index (χ0n) is 11.2. The van der Waals surface area contributed by atoms with Crippen molar-refractivity contribution in [1.29, 1.82) is 0 Å². The van der Waals surface area contributed by atoms with Crippen molar-refractivity contribution in [2.75, 3.05) is 5.32 Å². The Morgan fingerprint density at radius 2 is 1.67 bits per heavy atom. The molecule has 0 bridgehead atoms. The number of benzene rings is 2. The monoisotopic (exact) mass is 334 g/mol. The molecule has 0 atom stereocenters. The van der Waals surface area contributed by atoms with E-state index in [4.69, 9.17) is 23.2 Å². The zero-order chi connectivity index (χ0) is 14.8. The molecular weight excluding hydrogens is 323 g/mol. The van der Waals surface area contributed by atoms with E-state index in [9.17, 15) is 0 Å². The number of thiazole rings is 1. The highest BCUT2D eigenvalue weighted by Gasteiger charge is 2.09. The largest absolute Gasteiger partial charge is 0.329 e. The van der Waals surface area contributed by atoms with Gasteiger partial charge in [-0.05, 0) is 19.1 Å². The molecule has 0 aliphatic carbocycles. The van der Waals surface area contributed by atoms with Gasteiger partial charge in [0.1, 0.15) is 0 Å². The van der Waals surface area contributed by atoms with Crippen molar-refractivity contribution in [3.05, 3.63) is 63.5 Å². The van der Waals surface area contributed by atoms with Crippen LogP contribution in [-0.2, 0) is 0 Å². The molecule has 0 fully saturated rings. The lowest BCUT2D eigenvalue weighted by Crippen LogP contribution is -1.91. The van der Waals surface area contributed by atoms with Crippen LogP contribution in [0.1, 0.15) is 5.56 Å². The number of hydrogen-bond donors (Lipinski definition) is 1. The lowest BCUT2D eigenvalue weighted by Gasteiger charge is -2.07. The van der Waals surface area contributed by atoms with Gasteiger partial charge in [-0.3, -0.25) is 0 Å². The van der Waals surface area contributed by atoms with E-state index in [0.29, 0.717) is 15.7 Å². The van der Waals surface area contributed by atoms with Crippen LogP contribution in [0.5, 0.6) is 0 Å². The van der Waals surface area contributed by atoms with Gasteiger partial charge in [0, 0.05) is 10.9 Å². The second kappa shape index (κ2) is 6.06. The SMILES string of the molecule is Cc1ccc(-c2csc(Nc3c(Cl)cccc3Cl)n2)cc1. The lowest BCUT2D eigenvalue weighted by molar-refractivity contribution is 1.37. The van der Waals surface area contributed by atoms with Gasteiger partial charge in [0.2, 0.25) is 0 Å². The van der Waals surface area contributed by atoms with Crippen molar-refractivity contribution < 1.29 is 0 Å². The van der Waals surface area contributed by atoms with Crippen molar-refractivity contribution >= 4 is 45.4 Å². The molecule has 0 amide bonds. The van der Waals surface area contributed by atoms with Gasteiger partial charge in [0.25, 0.3) is 0 Å². The number of nitrogens with zero attached hydrogens (tertiary/aromatic N) is 1. The van der Waals surface area contributed by atoms with Crippen LogP contribution in [0.15, 0.2) is 47.8 Å². The number of para-hydroxylation sites is 1. The Balaban J connectivity index is 1.87. The summed E-state index contributed by atoms with van der Waals surface area (Å²) in [7, 11) is 0. The molecule has 2 aromatic carbocycles. The van der Waals surface area contributed by atoms with Gasteiger partial charge in [-0.1, -0.05) is 59.1 Å². The Hall–Kier alpha value is -1.55. The summed E-state index contributed by atoms with van der Waals surface area (Å²) in [5, 5.41) is 7.12. The van der Waals surface area contributed by atoms with Crippen LogP contribution in [0.25, 0.3) is 11.3 Å². The Morgan fingerprint density at radius 3 is 2.33 bits per heavy atom. The van der Waals surface area contributed by atoms with Gasteiger partial charge >= 0.3 is 0 Å². The molecule has 0 saturated carbocycles. The Morgan fingerprint density at radius 1 is 1.00 bits per heavy atom. The molecule has 0 aliphatic rings. The average molecular weight is 335 g/mol. The molecule has 0 aliphatic heterocycles. The third-order valence-corrected chi connectivity index (χ3v) is 4.43. The van der Waals surface area contributed by atoms with Gasteiger partial charge in [0.05, 0.1) is 21.4 Å². The van der Waals surface area contributed by atoms with Crippen LogP contribution >= 0.6 is 34.5 Å². The van der Waals surface area contributed by atoms with Gasteiger partial charge in [0.15, 0.2) is 5.13 Å². The predicted octanol–water partition coefficient (Wildman–Crippen LogP) is 6.17. The number of nitrogens with one attached hydrogen (secondary N) is 1. The topological polar surface area (TPSA) is 24.9 Å². The summed E-state index contributed by atoms with van der Waals surface area (Å²) in [5.41, 5.74) is 3.95. The second-order valence-corrected chi connectivity index (χ2v) is 6.30. The molecule has 21 heavy (non-hydrogen) atoms. The molecule has 1 heterocycles. The number of anilines is 2. The summed E-state index contributed by atoms with van der Waals surface area (Å²) in [6.07, 6.45) is 0. The van der Waals surface area contributed by atoms with E-state index in [0.717, 1.165) is 16.4 Å². The number of halogens is 2. The average Bonchev–Trinajstić information content (AvgIpc) is 2.92. The highest BCUT2D eigenvalue weighted by molar-refractivity contribution is 7.14. The summed E-state index contributed by atoms with van der Waals surface area (Å²) in [4.78, 5) is 4.58. The lowest BCUT2D eigenvalue weighted by atomic mass is 10.1. The standard InChI is InChI=1S/C16H12Cl2N2S/c1-10-5-7-11(8-6-10)14-9-21-16(19-14)20-15-12(17)3-2-4-13(15)18/h2-9H,1H3,(H,19,20). The van der Waals surface area contributed by atoms with Gasteiger partial charge in [-0.25, -0.2) is 4.98 Å². The van der Waals surface area contributed by atoms with E-state index in [-0.39, 0.29) is 0 Å². The van der Waals surface area contributed by atoms with Crippen LogP contribution < -0.4 is 5.32 Å². The molecule has 0 saturated heterocycles. The molecule has 5 heteroatoms. The number of aryl methyl sites for hydroxylation is 1. The zero-order valence-corrected chi connectivity index (χ0v) is 13.6. The third kappa shape index (κ3) is 3.21. The van der Waals surface area contributed by atoms with E-state index in [1.165, 1.54) is 16.9 Å². The molecule has 0 radical (unpaired) electrons. The maximum atomic E-state index is 6.15. The Labute approximate surface area is 137 Å². The van der Waals surface area contributed by atoms with Gasteiger partial charge in [-0.2, -0.15) is 0 Å². The van der Waals surface area contributed by atoms with E-state index in [1.807, 2.05) is 11.4 Å². The molecule has 2 nitrogen and oxygen atoms in total. The third-order valence-electron chi connectivity index (χ3n) is 3.05.